The smallest absolute Gasteiger partial charge is 0.416 e. The summed E-state index contributed by atoms with van der Waals surface area (Å²) in [5, 5.41) is 19.1. The molecule has 0 radical (unpaired) electrons. The van der Waals surface area contributed by atoms with Crippen molar-refractivity contribution >= 4 is 0 Å². The van der Waals surface area contributed by atoms with Crippen LogP contribution in [0.1, 0.15) is 35.8 Å². The predicted octanol–water partition coefficient (Wildman–Crippen LogP) is 3.85. The van der Waals surface area contributed by atoms with Crippen molar-refractivity contribution in [1.82, 2.24) is 15.1 Å². The van der Waals surface area contributed by atoms with Crippen LogP contribution in [-0.2, 0) is 6.18 Å². The Bertz CT molecular complexity index is 842. The topological polar surface area (TPSA) is 58.5 Å². The highest BCUT2D eigenvalue weighted by Gasteiger charge is 2.32. The molecule has 0 bridgehead atoms. The summed E-state index contributed by atoms with van der Waals surface area (Å²) >= 11 is 0. The van der Waals surface area contributed by atoms with Crippen molar-refractivity contribution in [3.63, 3.8) is 0 Å². The molecular formula is C20H24F3N3O2. The Hall–Kier alpha value is -2.19. The standard InChI is InChI=1S/C20H24F3N3O2/c1-12-9-16(19(27)13-5-4-8-26(2)11-13)24-25-18(12)15-7-6-14(20(21,22)23)10-17(15)28-3/h6-7,9-10,13,19,27H,4-5,8,11H2,1-3H3/t13?,19-/m1/s1. The van der Waals surface area contributed by atoms with Gasteiger partial charge in [-0.15, -0.1) is 5.10 Å². The van der Waals surface area contributed by atoms with Gasteiger partial charge in [0.2, 0.25) is 0 Å². The first-order valence-electron chi connectivity index (χ1n) is 9.17. The molecule has 0 aliphatic carbocycles. The van der Waals surface area contributed by atoms with Crippen molar-refractivity contribution in [3.8, 4) is 17.0 Å². The van der Waals surface area contributed by atoms with Crippen LogP contribution in [0.4, 0.5) is 13.2 Å². The molecule has 1 aromatic carbocycles. The molecule has 3 rings (SSSR count). The lowest BCUT2D eigenvalue weighted by Gasteiger charge is -2.32. The van der Waals surface area contributed by atoms with Gasteiger partial charge in [0, 0.05) is 18.0 Å². The molecule has 2 atom stereocenters. The molecule has 0 amide bonds. The Morgan fingerprint density at radius 1 is 1.25 bits per heavy atom. The van der Waals surface area contributed by atoms with E-state index in [2.05, 4.69) is 15.1 Å². The van der Waals surface area contributed by atoms with Crippen LogP contribution in [0.3, 0.4) is 0 Å². The molecule has 1 saturated heterocycles. The van der Waals surface area contributed by atoms with E-state index in [0.717, 1.165) is 38.1 Å². The van der Waals surface area contributed by atoms with Crippen LogP contribution in [0.15, 0.2) is 24.3 Å². The van der Waals surface area contributed by atoms with Gasteiger partial charge in [0.25, 0.3) is 0 Å². The second-order valence-corrected chi connectivity index (χ2v) is 7.32. The predicted molar refractivity (Wildman–Crippen MR) is 98.9 cm³/mol. The van der Waals surface area contributed by atoms with Gasteiger partial charge in [0.15, 0.2) is 0 Å². The number of rotatable bonds is 4. The number of aryl methyl sites for hydroxylation is 1. The highest BCUT2D eigenvalue weighted by atomic mass is 19.4. The third-order valence-electron chi connectivity index (χ3n) is 5.20. The zero-order valence-corrected chi connectivity index (χ0v) is 16.1. The zero-order valence-electron chi connectivity index (χ0n) is 16.1. The number of aromatic nitrogens is 2. The number of hydrogen-bond acceptors (Lipinski definition) is 5. The number of alkyl halides is 3. The van der Waals surface area contributed by atoms with E-state index in [1.165, 1.54) is 13.2 Å². The summed E-state index contributed by atoms with van der Waals surface area (Å²) in [5.74, 6) is 0.160. The molecule has 0 spiro atoms. The second kappa shape index (κ2) is 8.05. The molecule has 5 nitrogen and oxygen atoms in total. The van der Waals surface area contributed by atoms with Gasteiger partial charge in [-0.2, -0.15) is 18.3 Å². The summed E-state index contributed by atoms with van der Waals surface area (Å²) < 4.78 is 44.0. The first kappa shape index (κ1) is 20.5. The number of halogens is 3. The molecule has 2 heterocycles. The minimum Gasteiger partial charge on any atom is -0.496 e. The number of ether oxygens (including phenoxy) is 1. The van der Waals surface area contributed by atoms with Crippen molar-refractivity contribution in [2.45, 2.75) is 32.0 Å². The molecule has 8 heteroatoms. The second-order valence-electron chi connectivity index (χ2n) is 7.32. The summed E-state index contributed by atoms with van der Waals surface area (Å²) in [6, 6.07) is 5.04. The number of nitrogens with zero attached hydrogens (tertiary/aromatic N) is 3. The summed E-state index contributed by atoms with van der Waals surface area (Å²) in [5.41, 5.74) is 1.27. The third kappa shape index (κ3) is 4.28. The molecule has 28 heavy (non-hydrogen) atoms. The molecule has 1 unspecified atom stereocenters. The highest BCUT2D eigenvalue weighted by molar-refractivity contribution is 5.70. The van der Waals surface area contributed by atoms with Gasteiger partial charge in [-0.1, -0.05) is 0 Å². The number of aliphatic hydroxyl groups excluding tert-OH is 1. The van der Waals surface area contributed by atoms with Crippen LogP contribution < -0.4 is 4.74 Å². The van der Waals surface area contributed by atoms with Crippen molar-refractivity contribution in [2.75, 3.05) is 27.2 Å². The number of likely N-dealkylation sites (tertiary alicyclic amines) is 1. The number of piperidine rings is 1. The molecule has 1 aromatic heterocycles. The third-order valence-corrected chi connectivity index (χ3v) is 5.20. The average Bonchev–Trinajstić information content (AvgIpc) is 2.66. The van der Waals surface area contributed by atoms with Crippen LogP contribution in [0.2, 0.25) is 0 Å². The van der Waals surface area contributed by atoms with Gasteiger partial charge in [0.05, 0.1) is 24.1 Å². The summed E-state index contributed by atoms with van der Waals surface area (Å²) in [7, 11) is 3.34. The Balaban J connectivity index is 1.90. The van der Waals surface area contributed by atoms with Crippen molar-refractivity contribution in [3.05, 3.63) is 41.1 Å². The van der Waals surface area contributed by atoms with Crippen LogP contribution in [0.25, 0.3) is 11.3 Å². The molecule has 1 aliphatic heterocycles. The van der Waals surface area contributed by atoms with Crippen LogP contribution in [0, 0.1) is 12.8 Å². The number of hydrogen-bond donors (Lipinski definition) is 1. The first-order valence-corrected chi connectivity index (χ1v) is 9.17. The zero-order chi connectivity index (χ0) is 20.5. The van der Waals surface area contributed by atoms with Gasteiger partial charge in [-0.3, -0.25) is 0 Å². The maximum atomic E-state index is 12.9. The highest BCUT2D eigenvalue weighted by Crippen LogP contribution is 2.38. The van der Waals surface area contributed by atoms with E-state index in [1.807, 2.05) is 7.05 Å². The molecule has 0 saturated carbocycles. The Morgan fingerprint density at radius 2 is 2.00 bits per heavy atom. The normalized spacial score (nSPS) is 19.5. The van der Waals surface area contributed by atoms with E-state index in [9.17, 15) is 18.3 Å². The molecule has 1 fully saturated rings. The van der Waals surface area contributed by atoms with Gasteiger partial charge >= 0.3 is 6.18 Å². The fourth-order valence-corrected chi connectivity index (χ4v) is 3.69. The van der Waals surface area contributed by atoms with Crippen LogP contribution in [-0.4, -0.2) is 47.5 Å². The maximum absolute atomic E-state index is 12.9. The van der Waals surface area contributed by atoms with E-state index in [0.29, 0.717) is 22.5 Å². The quantitative estimate of drug-likeness (QED) is 0.852. The fraction of sp³-hybridized carbons (Fsp3) is 0.500. The van der Waals surface area contributed by atoms with Crippen molar-refractivity contribution in [2.24, 2.45) is 5.92 Å². The van der Waals surface area contributed by atoms with Crippen molar-refractivity contribution < 1.29 is 23.0 Å². The monoisotopic (exact) mass is 395 g/mol. The van der Waals surface area contributed by atoms with E-state index in [-0.39, 0.29) is 11.7 Å². The number of aliphatic hydroxyl groups is 1. The van der Waals surface area contributed by atoms with E-state index < -0.39 is 17.8 Å². The lowest BCUT2D eigenvalue weighted by molar-refractivity contribution is -0.137. The molecule has 1 aliphatic rings. The lowest BCUT2D eigenvalue weighted by atomic mass is 9.90. The number of methoxy groups -OCH3 is 1. The Kier molecular flexibility index (Phi) is 5.90. The Labute approximate surface area is 162 Å². The molecule has 1 N–H and O–H groups in total. The van der Waals surface area contributed by atoms with Crippen molar-refractivity contribution in [1.29, 1.82) is 0 Å². The fourth-order valence-electron chi connectivity index (χ4n) is 3.69. The Morgan fingerprint density at radius 3 is 2.61 bits per heavy atom. The van der Waals surface area contributed by atoms with Gasteiger partial charge in [0.1, 0.15) is 11.9 Å². The number of benzene rings is 1. The summed E-state index contributed by atoms with van der Waals surface area (Å²) in [4.78, 5) is 2.18. The van der Waals surface area contributed by atoms with E-state index in [4.69, 9.17) is 4.74 Å². The lowest BCUT2D eigenvalue weighted by Crippen LogP contribution is -2.35. The van der Waals surface area contributed by atoms with Crippen LogP contribution in [0.5, 0.6) is 5.75 Å². The minimum atomic E-state index is -4.45. The maximum Gasteiger partial charge on any atom is 0.416 e. The molecule has 2 aromatic rings. The van der Waals surface area contributed by atoms with Gasteiger partial charge in [-0.05, 0) is 63.2 Å². The largest absolute Gasteiger partial charge is 0.496 e. The first-order chi connectivity index (χ1) is 13.2. The SMILES string of the molecule is COc1cc(C(F)(F)F)ccc1-c1nnc([C@H](O)C2CCCN(C)C2)cc1C. The average molecular weight is 395 g/mol. The van der Waals surface area contributed by atoms with E-state index in [1.54, 1.807) is 13.0 Å². The summed E-state index contributed by atoms with van der Waals surface area (Å²) in [6.07, 6.45) is -3.24. The molecule has 152 valence electrons. The van der Waals surface area contributed by atoms with E-state index >= 15 is 0 Å². The van der Waals surface area contributed by atoms with Crippen LogP contribution >= 0.6 is 0 Å². The van der Waals surface area contributed by atoms with Gasteiger partial charge in [-0.25, -0.2) is 0 Å². The minimum absolute atomic E-state index is 0.0782. The summed E-state index contributed by atoms with van der Waals surface area (Å²) in [6.45, 7) is 3.60. The molecular weight excluding hydrogens is 371 g/mol. The van der Waals surface area contributed by atoms with Gasteiger partial charge < -0.3 is 14.7 Å².